The summed E-state index contributed by atoms with van der Waals surface area (Å²) in [5.74, 6) is -0.327. The number of Topliss-reactive ketones (excluding diaryl/α,β-unsaturated/α-hetero) is 1. The first-order valence-electron chi connectivity index (χ1n) is 9.03. The van der Waals surface area contributed by atoms with Crippen LogP contribution in [0.2, 0.25) is 0 Å². The lowest BCUT2D eigenvalue weighted by molar-refractivity contribution is -0.166. The van der Waals surface area contributed by atoms with Crippen LogP contribution < -0.4 is 0 Å². The molecule has 0 N–H and O–H groups in total. The lowest BCUT2D eigenvalue weighted by Crippen LogP contribution is -2.60. The number of hydrogen-bond acceptors (Lipinski definition) is 4. The van der Waals surface area contributed by atoms with Crippen molar-refractivity contribution in [3.63, 3.8) is 0 Å². The molecule has 2 bridgehead atoms. The minimum absolute atomic E-state index is 0.0497. The molecule has 1 aromatic carbocycles. The molecule has 4 heteroatoms. The Morgan fingerprint density at radius 3 is 2.64 bits per heavy atom. The molecule has 2 aliphatic rings. The highest BCUT2D eigenvalue weighted by Crippen LogP contribution is 2.48. The maximum Gasteiger partial charge on any atom is 0.321 e. The Morgan fingerprint density at radius 2 is 2.00 bits per heavy atom. The summed E-state index contributed by atoms with van der Waals surface area (Å²) in [4.78, 5) is 28.2. The average Bonchev–Trinajstić information content (AvgIpc) is 2.91. The van der Waals surface area contributed by atoms with Crippen molar-refractivity contribution in [1.82, 2.24) is 4.90 Å². The van der Waals surface area contributed by atoms with Crippen LogP contribution in [-0.4, -0.2) is 35.8 Å². The van der Waals surface area contributed by atoms with Gasteiger partial charge in [0.1, 0.15) is 5.41 Å². The van der Waals surface area contributed by atoms with Gasteiger partial charge in [-0.1, -0.05) is 42.0 Å². The molecule has 0 radical (unpaired) electrons. The molecule has 1 aromatic rings. The van der Waals surface area contributed by atoms with E-state index in [-0.39, 0.29) is 23.8 Å². The fourth-order valence-corrected chi connectivity index (χ4v) is 4.43. The Balaban J connectivity index is 1.97. The van der Waals surface area contributed by atoms with Crippen LogP contribution in [-0.2, 0) is 20.9 Å². The van der Waals surface area contributed by atoms with Gasteiger partial charge in [0, 0.05) is 25.0 Å². The summed E-state index contributed by atoms with van der Waals surface area (Å²) < 4.78 is 5.13. The Morgan fingerprint density at radius 1 is 1.28 bits per heavy atom. The van der Waals surface area contributed by atoms with E-state index in [2.05, 4.69) is 17.0 Å². The van der Waals surface area contributed by atoms with Crippen molar-refractivity contribution in [2.24, 2.45) is 5.41 Å². The van der Waals surface area contributed by atoms with Crippen LogP contribution in [0, 0.1) is 5.41 Å². The van der Waals surface area contributed by atoms with Crippen LogP contribution in [0.4, 0.5) is 0 Å². The number of methoxy groups -OCH3 is 1. The second kappa shape index (κ2) is 7.12. The number of carbonyl (C=O) groups is 2. The summed E-state index contributed by atoms with van der Waals surface area (Å²) in [6.07, 6.45) is 4.72. The van der Waals surface area contributed by atoms with Crippen molar-refractivity contribution in [1.29, 1.82) is 0 Å². The first-order chi connectivity index (χ1) is 12.0. The largest absolute Gasteiger partial charge is 0.468 e. The standard InChI is InChI=1S/C21H27NO3/c1-15(2)11-12-21(20(24)25-3)18-10-9-17(13-19(21)23)22(18)14-16-7-5-4-6-8-16/h4-8,11,17-18H,9-10,12-14H2,1-3H3. The molecular formula is C21H27NO3. The zero-order valence-electron chi connectivity index (χ0n) is 15.3. The molecule has 3 atom stereocenters. The van der Waals surface area contributed by atoms with E-state index >= 15 is 0 Å². The number of fused-ring (bicyclic) bond motifs is 2. The Bertz CT molecular complexity index is 678. The molecule has 0 amide bonds. The Labute approximate surface area is 149 Å². The lowest BCUT2D eigenvalue weighted by Gasteiger charge is -2.45. The van der Waals surface area contributed by atoms with Crippen LogP contribution in [0.25, 0.3) is 0 Å². The highest BCUT2D eigenvalue weighted by molar-refractivity contribution is 6.06. The van der Waals surface area contributed by atoms with Gasteiger partial charge < -0.3 is 4.74 Å². The highest BCUT2D eigenvalue weighted by atomic mass is 16.5. The molecule has 2 saturated heterocycles. The van der Waals surface area contributed by atoms with E-state index in [4.69, 9.17) is 4.74 Å². The van der Waals surface area contributed by atoms with Gasteiger partial charge in [-0.05, 0) is 38.7 Å². The van der Waals surface area contributed by atoms with Crippen LogP contribution >= 0.6 is 0 Å². The van der Waals surface area contributed by atoms with E-state index in [1.54, 1.807) is 0 Å². The molecule has 0 aromatic heterocycles. The molecule has 25 heavy (non-hydrogen) atoms. The van der Waals surface area contributed by atoms with Crippen molar-refractivity contribution < 1.29 is 14.3 Å². The number of allylic oxidation sites excluding steroid dienone is 2. The zero-order chi connectivity index (χ0) is 18.0. The van der Waals surface area contributed by atoms with Gasteiger partial charge >= 0.3 is 5.97 Å². The number of benzene rings is 1. The third-order valence-electron chi connectivity index (χ3n) is 5.72. The summed E-state index contributed by atoms with van der Waals surface area (Å²) in [6, 6.07) is 10.4. The Hall–Kier alpha value is -1.94. The van der Waals surface area contributed by atoms with E-state index < -0.39 is 5.41 Å². The number of nitrogens with zero attached hydrogens (tertiary/aromatic N) is 1. The van der Waals surface area contributed by atoms with E-state index in [1.165, 1.54) is 12.7 Å². The topological polar surface area (TPSA) is 46.6 Å². The molecule has 0 saturated carbocycles. The number of piperidine rings is 1. The van der Waals surface area contributed by atoms with Crippen molar-refractivity contribution >= 4 is 11.8 Å². The molecule has 3 unspecified atom stereocenters. The molecule has 2 aliphatic heterocycles. The van der Waals surface area contributed by atoms with E-state index in [0.29, 0.717) is 12.8 Å². The molecule has 134 valence electrons. The molecular weight excluding hydrogens is 314 g/mol. The molecule has 4 nitrogen and oxygen atoms in total. The van der Waals surface area contributed by atoms with Gasteiger partial charge in [0.15, 0.2) is 5.78 Å². The number of ether oxygens (including phenoxy) is 1. The number of esters is 1. The highest BCUT2D eigenvalue weighted by Gasteiger charge is 2.60. The van der Waals surface area contributed by atoms with Gasteiger partial charge in [-0.25, -0.2) is 0 Å². The average molecular weight is 341 g/mol. The normalized spacial score (nSPS) is 28.7. The first-order valence-corrected chi connectivity index (χ1v) is 9.03. The van der Waals surface area contributed by atoms with Crippen molar-refractivity contribution in [2.45, 2.75) is 58.2 Å². The van der Waals surface area contributed by atoms with E-state index in [1.807, 2.05) is 38.1 Å². The van der Waals surface area contributed by atoms with E-state index in [9.17, 15) is 9.59 Å². The predicted molar refractivity (Wildman–Crippen MR) is 96.9 cm³/mol. The van der Waals surface area contributed by atoms with Crippen LogP contribution in [0.1, 0.15) is 45.1 Å². The van der Waals surface area contributed by atoms with Crippen molar-refractivity contribution in [2.75, 3.05) is 7.11 Å². The van der Waals surface area contributed by atoms with E-state index in [0.717, 1.165) is 25.0 Å². The predicted octanol–water partition coefficient (Wildman–Crippen LogP) is 3.51. The molecule has 0 aliphatic carbocycles. The van der Waals surface area contributed by atoms with Crippen molar-refractivity contribution in [3.8, 4) is 0 Å². The summed E-state index contributed by atoms with van der Waals surface area (Å²) >= 11 is 0. The molecule has 2 fully saturated rings. The monoisotopic (exact) mass is 341 g/mol. The second-order valence-electron chi connectivity index (χ2n) is 7.48. The summed E-state index contributed by atoms with van der Waals surface area (Å²) in [5.41, 5.74) is 1.27. The van der Waals surface area contributed by atoms with Crippen LogP contribution in [0.5, 0.6) is 0 Å². The fourth-order valence-electron chi connectivity index (χ4n) is 4.43. The Kier molecular flexibility index (Phi) is 5.09. The third kappa shape index (κ3) is 3.15. The quantitative estimate of drug-likeness (QED) is 0.467. The van der Waals surface area contributed by atoms with Crippen LogP contribution in [0.15, 0.2) is 42.0 Å². The van der Waals surface area contributed by atoms with Gasteiger partial charge in [0.05, 0.1) is 7.11 Å². The second-order valence-corrected chi connectivity index (χ2v) is 7.48. The smallest absolute Gasteiger partial charge is 0.321 e. The van der Waals surface area contributed by atoms with Gasteiger partial charge in [-0.15, -0.1) is 0 Å². The van der Waals surface area contributed by atoms with Gasteiger partial charge in [-0.3, -0.25) is 14.5 Å². The van der Waals surface area contributed by atoms with Gasteiger partial charge in [0.2, 0.25) is 0 Å². The lowest BCUT2D eigenvalue weighted by atomic mass is 9.69. The molecule has 3 rings (SSSR count). The molecule has 2 heterocycles. The fraction of sp³-hybridized carbons (Fsp3) is 0.524. The molecule has 0 spiro atoms. The first kappa shape index (κ1) is 17.9. The SMILES string of the molecule is COC(=O)C1(CC=C(C)C)C(=O)CC2CCC1N2Cc1ccccc1. The number of ketones is 1. The zero-order valence-corrected chi connectivity index (χ0v) is 15.3. The van der Waals surface area contributed by atoms with Gasteiger partial charge in [0.25, 0.3) is 0 Å². The summed E-state index contributed by atoms with van der Waals surface area (Å²) in [7, 11) is 1.39. The summed E-state index contributed by atoms with van der Waals surface area (Å²) in [5, 5.41) is 0. The third-order valence-corrected chi connectivity index (χ3v) is 5.72. The van der Waals surface area contributed by atoms with Crippen LogP contribution in [0.3, 0.4) is 0 Å². The van der Waals surface area contributed by atoms with Gasteiger partial charge in [-0.2, -0.15) is 0 Å². The summed E-state index contributed by atoms with van der Waals surface area (Å²) in [6.45, 7) is 4.77. The maximum atomic E-state index is 13.0. The minimum Gasteiger partial charge on any atom is -0.468 e. The number of carbonyl (C=O) groups excluding carboxylic acids is 2. The van der Waals surface area contributed by atoms with Crippen molar-refractivity contribution in [3.05, 3.63) is 47.5 Å². The number of rotatable bonds is 5. The maximum absolute atomic E-state index is 13.0. The number of hydrogen-bond donors (Lipinski definition) is 0. The minimum atomic E-state index is -1.06.